The fourth-order valence-electron chi connectivity index (χ4n) is 3.39. The maximum absolute atomic E-state index is 11.3. The fraction of sp³-hybridized carbons (Fsp3) is 0.389. The number of carbonyl (C=O) groups is 1. The lowest BCUT2D eigenvalue weighted by Crippen LogP contribution is -2.34. The summed E-state index contributed by atoms with van der Waals surface area (Å²) in [4.78, 5) is 17.1. The molecule has 1 N–H and O–H groups in total. The molecule has 1 aliphatic heterocycles. The van der Waals surface area contributed by atoms with Crippen LogP contribution in [0.3, 0.4) is 0 Å². The molecule has 1 fully saturated rings. The van der Waals surface area contributed by atoms with Crippen molar-refractivity contribution in [2.45, 2.75) is 25.7 Å². The van der Waals surface area contributed by atoms with E-state index in [1.54, 1.807) is 12.7 Å². The Kier molecular flexibility index (Phi) is 4.13. The van der Waals surface area contributed by atoms with Gasteiger partial charge in [0.05, 0.1) is 0 Å². The van der Waals surface area contributed by atoms with Gasteiger partial charge in [-0.15, -0.1) is 10.2 Å². The van der Waals surface area contributed by atoms with E-state index in [9.17, 15) is 4.79 Å². The molecule has 0 bridgehead atoms. The summed E-state index contributed by atoms with van der Waals surface area (Å²) >= 11 is 0. The summed E-state index contributed by atoms with van der Waals surface area (Å²) in [5.41, 5.74) is 3.57. The average Bonchev–Trinajstić information content (AvgIpc) is 3.26. The number of rotatable bonds is 5. The first-order chi connectivity index (χ1) is 11.8. The predicted molar refractivity (Wildman–Crippen MR) is 92.2 cm³/mol. The number of fused-ring (bicyclic) bond motifs is 1. The molecule has 0 amide bonds. The van der Waals surface area contributed by atoms with Crippen LogP contribution in [0, 0.1) is 0 Å². The molecule has 0 spiro atoms. The molecule has 6 nitrogen and oxygen atoms in total. The molecule has 124 valence electrons. The topological polar surface area (TPSA) is 66.8 Å². The van der Waals surface area contributed by atoms with Crippen molar-refractivity contribution in [2.75, 3.05) is 19.6 Å². The number of hydrogen-bond donors (Lipinski definition) is 1. The van der Waals surface area contributed by atoms with Gasteiger partial charge in [0.2, 0.25) is 0 Å². The van der Waals surface area contributed by atoms with Crippen LogP contribution < -0.4 is 0 Å². The molecular weight excluding hydrogens is 302 g/mol. The minimum absolute atomic E-state index is 0.407. The number of likely N-dealkylation sites (tertiary alicyclic amines) is 1. The van der Waals surface area contributed by atoms with Crippen LogP contribution in [-0.4, -0.2) is 50.1 Å². The van der Waals surface area contributed by atoms with E-state index in [0.717, 1.165) is 56.5 Å². The van der Waals surface area contributed by atoms with Crippen molar-refractivity contribution >= 4 is 16.7 Å². The van der Waals surface area contributed by atoms with E-state index in [4.69, 9.17) is 0 Å². The van der Waals surface area contributed by atoms with Gasteiger partial charge in [-0.3, -0.25) is 9.36 Å². The lowest BCUT2D eigenvalue weighted by atomic mass is 10.1. The number of benzene rings is 1. The Morgan fingerprint density at radius 2 is 1.92 bits per heavy atom. The molecular formula is C18H21N5O. The smallest absolute Gasteiger partial charge is 0.135 e. The normalized spacial score (nSPS) is 16.1. The van der Waals surface area contributed by atoms with Crippen LogP contribution in [0.2, 0.25) is 0 Å². The third kappa shape index (κ3) is 3.10. The lowest BCUT2D eigenvalue weighted by Gasteiger charge is -2.25. The lowest BCUT2D eigenvalue weighted by molar-refractivity contribution is -0.121. The fourth-order valence-corrected chi connectivity index (χ4v) is 3.39. The van der Waals surface area contributed by atoms with Gasteiger partial charge in [-0.2, -0.15) is 0 Å². The summed E-state index contributed by atoms with van der Waals surface area (Å²) in [6.07, 6.45) is 9.12. The largest absolute Gasteiger partial charge is 0.361 e. The molecule has 3 heterocycles. The van der Waals surface area contributed by atoms with Crippen LogP contribution in [0.25, 0.3) is 16.6 Å². The van der Waals surface area contributed by atoms with Gasteiger partial charge in [0, 0.05) is 48.7 Å². The highest BCUT2D eigenvalue weighted by molar-refractivity contribution is 5.85. The molecule has 1 aromatic carbocycles. The molecule has 1 saturated heterocycles. The van der Waals surface area contributed by atoms with Gasteiger partial charge in [0.15, 0.2) is 0 Å². The summed E-state index contributed by atoms with van der Waals surface area (Å²) < 4.78 is 1.92. The molecule has 0 atom stereocenters. The number of carbonyl (C=O) groups excluding carboxylic acids is 1. The van der Waals surface area contributed by atoms with Crippen molar-refractivity contribution < 1.29 is 4.79 Å². The van der Waals surface area contributed by atoms with Crippen molar-refractivity contribution in [3.63, 3.8) is 0 Å². The molecule has 2 aromatic heterocycles. The highest BCUT2D eigenvalue weighted by atomic mass is 16.1. The third-order valence-corrected chi connectivity index (χ3v) is 4.80. The van der Waals surface area contributed by atoms with Crippen LogP contribution in [-0.2, 0) is 11.2 Å². The average molecular weight is 323 g/mol. The molecule has 0 radical (unpaired) electrons. The SMILES string of the molecule is O=C1CCN(CCCc2c[nH]c3ccc(-n4cnnc4)cc23)CC1. The molecule has 6 heteroatoms. The van der Waals surface area contributed by atoms with Crippen LogP contribution >= 0.6 is 0 Å². The van der Waals surface area contributed by atoms with Gasteiger partial charge >= 0.3 is 0 Å². The summed E-state index contributed by atoms with van der Waals surface area (Å²) in [6.45, 7) is 2.90. The quantitative estimate of drug-likeness (QED) is 0.782. The molecule has 3 aromatic rings. The predicted octanol–water partition coefficient (Wildman–Crippen LogP) is 2.35. The second-order valence-electron chi connectivity index (χ2n) is 6.40. The monoisotopic (exact) mass is 323 g/mol. The number of H-pyrrole nitrogens is 1. The number of Topliss-reactive ketones (excluding diaryl/α,β-unsaturated/α-hetero) is 1. The second kappa shape index (κ2) is 6.57. The summed E-state index contributed by atoms with van der Waals surface area (Å²) in [5.74, 6) is 0.407. The maximum Gasteiger partial charge on any atom is 0.135 e. The van der Waals surface area contributed by atoms with Crippen LogP contribution in [0.5, 0.6) is 0 Å². The highest BCUT2D eigenvalue weighted by Gasteiger charge is 2.15. The first-order valence-electron chi connectivity index (χ1n) is 8.49. The van der Waals surface area contributed by atoms with Crippen molar-refractivity contribution in [1.82, 2.24) is 24.6 Å². The van der Waals surface area contributed by atoms with Crippen molar-refractivity contribution in [3.05, 3.63) is 42.6 Å². The van der Waals surface area contributed by atoms with Crippen LogP contribution in [0.1, 0.15) is 24.8 Å². The summed E-state index contributed by atoms with van der Waals surface area (Å²) in [6, 6.07) is 6.35. The summed E-state index contributed by atoms with van der Waals surface area (Å²) in [5, 5.41) is 9.00. The van der Waals surface area contributed by atoms with Gasteiger partial charge in [-0.25, -0.2) is 0 Å². The highest BCUT2D eigenvalue weighted by Crippen LogP contribution is 2.23. The number of aryl methyl sites for hydroxylation is 1. The van der Waals surface area contributed by atoms with Gasteiger partial charge < -0.3 is 9.88 Å². The summed E-state index contributed by atoms with van der Waals surface area (Å²) in [7, 11) is 0. The van der Waals surface area contributed by atoms with Crippen LogP contribution in [0.4, 0.5) is 0 Å². The van der Waals surface area contributed by atoms with E-state index in [1.165, 1.54) is 10.9 Å². The van der Waals surface area contributed by atoms with E-state index in [1.807, 2.05) is 4.57 Å². The number of piperidine rings is 1. The number of nitrogens with one attached hydrogen (secondary N) is 1. The molecule has 24 heavy (non-hydrogen) atoms. The molecule has 0 unspecified atom stereocenters. The molecule has 0 saturated carbocycles. The zero-order valence-electron chi connectivity index (χ0n) is 13.6. The zero-order valence-corrected chi connectivity index (χ0v) is 13.6. The number of hydrogen-bond acceptors (Lipinski definition) is 4. The number of aromatic amines is 1. The minimum Gasteiger partial charge on any atom is -0.361 e. The zero-order chi connectivity index (χ0) is 16.4. The maximum atomic E-state index is 11.3. The Morgan fingerprint density at radius 3 is 2.71 bits per heavy atom. The van der Waals surface area contributed by atoms with Gasteiger partial charge in [0.1, 0.15) is 18.4 Å². The van der Waals surface area contributed by atoms with Crippen LogP contribution in [0.15, 0.2) is 37.1 Å². The second-order valence-corrected chi connectivity index (χ2v) is 6.40. The van der Waals surface area contributed by atoms with E-state index in [2.05, 4.69) is 44.5 Å². The molecule has 4 rings (SSSR count). The Labute approximate surface area is 140 Å². The van der Waals surface area contributed by atoms with Crippen molar-refractivity contribution in [3.8, 4) is 5.69 Å². The first kappa shape index (κ1) is 15.1. The Balaban J connectivity index is 1.44. The number of ketones is 1. The first-order valence-corrected chi connectivity index (χ1v) is 8.49. The number of aromatic nitrogens is 4. The van der Waals surface area contributed by atoms with Gasteiger partial charge in [-0.1, -0.05) is 0 Å². The van der Waals surface area contributed by atoms with Gasteiger partial charge in [-0.05, 0) is 43.1 Å². The van der Waals surface area contributed by atoms with Crippen molar-refractivity contribution in [2.24, 2.45) is 0 Å². The number of nitrogens with zero attached hydrogens (tertiary/aromatic N) is 4. The van der Waals surface area contributed by atoms with Gasteiger partial charge in [0.25, 0.3) is 0 Å². The Morgan fingerprint density at radius 1 is 1.12 bits per heavy atom. The van der Waals surface area contributed by atoms with E-state index in [-0.39, 0.29) is 0 Å². The minimum atomic E-state index is 0.407. The van der Waals surface area contributed by atoms with E-state index in [0.29, 0.717) is 5.78 Å². The Hall–Kier alpha value is -2.47. The molecule has 1 aliphatic rings. The standard InChI is InChI=1S/C18H21N5O/c24-16-5-8-22(9-6-16)7-1-2-14-11-19-18-4-3-15(10-17(14)18)23-12-20-21-13-23/h3-4,10-13,19H,1-2,5-9H2. The Bertz CT molecular complexity index is 826. The van der Waals surface area contributed by atoms with E-state index >= 15 is 0 Å². The van der Waals surface area contributed by atoms with Crippen molar-refractivity contribution in [1.29, 1.82) is 0 Å². The molecule has 0 aliphatic carbocycles. The third-order valence-electron chi connectivity index (χ3n) is 4.80. The van der Waals surface area contributed by atoms with E-state index < -0.39 is 0 Å².